The minimum atomic E-state index is 0.552. The Kier molecular flexibility index (Phi) is 6.54. The van der Waals surface area contributed by atoms with Crippen LogP contribution < -0.4 is 4.74 Å². The zero-order valence-electron chi connectivity index (χ0n) is 18.0. The molecule has 0 fully saturated rings. The molecule has 0 radical (unpaired) electrons. The first kappa shape index (κ1) is 21.7. The van der Waals surface area contributed by atoms with Gasteiger partial charge in [0, 0.05) is 10.0 Å². The maximum Gasteiger partial charge on any atom is 0.303 e. The zero-order valence-corrected chi connectivity index (χ0v) is 19.5. The van der Waals surface area contributed by atoms with Gasteiger partial charge in [-0.3, -0.25) is 4.57 Å². The topological polar surface area (TPSA) is 27.1 Å². The van der Waals surface area contributed by atoms with Crippen molar-refractivity contribution in [2.45, 2.75) is 40.2 Å². The molecular formula is C26H26Cl2N2O. The van der Waals surface area contributed by atoms with Crippen molar-refractivity contribution >= 4 is 34.2 Å². The van der Waals surface area contributed by atoms with Gasteiger partial charge in [-0.1, -0.05) is 61.3 Å². The number of imidazole rings is 1. The smallest absolute Gasteiger partial charge is 0.303 e. The predicted molar refractivity (Wildman–Crippen MR) is 130 cm³/mol. The second kappa shape index (κ2) is 9.33. The first-order valence-electron chi connectivity index (χ1n) is 10.6. The molecule has 0 unspecified atom stereocenters. The largest absolute Gasteiger partial charge is 0.425 e. The number of aryl methyl sites for hydroxylation is 2. The normalized spacial score (nSPS) is 11.4. The Labute approximate surface area is 193 Å². The lowest BCUT2D eigenvalue weighted by Gasteiger charge is -2.14. The SMILES string of the molecule is Cc1c(CCC(C)C)ccc2nc(Oc3cccc(Cl)c3)n(Cc3ccc(Cl)cc3)c12. The van der Waals surface area contributed by atoms with Crippen LogP contribution in [0.1, 0.15) is 37.0 Å². The van der Waals surface area contributed by atoms with Crippen LogP contribution >= 0.6 is 23.2 Å². The third-order valence-electron chi connectivity index (χ3n) is 5.49. The molecular weight excluding hydrogens is 427 g/mol. The standard InChI is InChI=1S/C26H26Cl2N2O/c1-17(2)7-10-20-11-14-24-25(18(20)3)30(16-19-8-12-21(27)13-9-19)26(29-24)31-23-6-4-5-22(28)15-23/h4-6,8-9,11-15,17H,7,10,16H2,1-3H3. The highest BCUT2D eigenvalue weighted by atomic mass is 35.5. The number of hydrogen-bond donors (Lipinski definition) is 0. The van der Waals surface area contributed by atoms with Gasteiger partial charge in [0.05, 0.1) is 17.6 Å². The summed E-state index contributed by atoms with van der Waals surface area (Å²) in [5.74, 6) is 1.33. The Balaban J connectivity index is 1.80. The van der Waals surface area contributed by atoms with Gasteiger partial charge in [0.2, 0.25) is 0 Å². The number of ether oxygens (including phenoxy) is 1. The molecule has 31 heavy (non-hydrogen) atoms. The fourth-order valence-electron chi connectivity index (χ4n) is 3.77. The molecule has 0 saturated heterocycles. The summed E-state index contributed by atoms with van der Waals surface area (Å²) in [5, 5.41) is 1.35. The van der Waals surface area contributed by atoms with Crippen LogP contribution in [0.25, 0.3) is 11.0 Å². The monoisotopic (exact) mass is 452 g/mol. The van der Waals surface area contributed by atoms with E-state index >= 15 is 0 Å². The van der Waals surface area contributed by atoms with Crippen molar-refractivity contribution in [1.82, 2.24) is 9.55 Å². The van der Waals surface area contributed by atoms with Gasteiger partial charge in [-0.05, 0) is 78.8 Å². The Bertz CT molecular complexity index is 1200. The van der Waals surface area contributed by atoms with Crippen LogP contribution in [0.2, 0.25) is 10.0 Å². The molecule has 3 nitrogen and oxygen atoms in total. The van der Waals surface area contributed by atoms with E-state index in [0.29, 0.717) is 29.2 Å². The maximum absolute atomic E-state index is 6.21. The molecule has 0 aliphatic carbocycles. The molecule has 0 saturated carbocycles. The number of rotatable bonds is 7. The Morgan fingerprint density at radius 2 is 1.74 bits per heavy atom. The minimum absolute atomic E-state index is 0.552. The molecule has 0 aliphatic rings. The number of aromatic nitrogens is 2. The Morgan fingerprint density at radius 1 is 0.968 bits per heavy atom. The van der Waals surface area contributed by atoms with Gasteiger partial charge in [0.1, 0.15) is 5.75 Å². The van der Waals surface area contributed by atoms with Crippen molar-refractivity contribution in [2.24, 2.45) is 5.92 Å². The lowest BCUT2D eigenvalue weighted by Crippen LogP contribution is -2.04. The third kappa shape index (κ3) is 5.06. The fraction of sp³-hybridized carbons (Fsp3) is 0.269. The number of hydrogen-bond acceptors (Lipinski definition) is 2. The average Bonchev–Trinajstić information content (AvgIpc) is 3.07. The van der Waals surface area contributed by atoms with Gasteiger partial charge < -0.3 is 4.74 Å². The highest BCUT2D eigenvalue weighted by Crippen LogP contribution is 2.32. The van der Waals surface area contributed by atoms with Crippen LogP contribution in [0, 0.1) is 12.8 Å². The van der Waals surface area contributed by atoms with E-state index in [2.05, 4.69) is 37.5 Å². The van der Waals surface area contributed by atoms with Crippen LogP contribution in [-0.2, 0) is 13.0 Å². The summed E-state index contributed by atoms with van der Waals surface area (Å²) in [5.41, 5.74) is 5.77. The quantitative estimate of drug-likeness (QED) is 0.283. The summed E-state index contributed by atoms with van der Waals surface area (Å²) in [4.78, 5) is 4.82. The molecule has 4 aromatic rings. The van der Waals surface area contributed by atoms with E-state index in [4.69, 9.17) is 32.9 Å². The van der Waals surface area contributed by atoms with Gasteiger partial charge >= 0.3 is 6.01 Å². The first-order chi connectivity index (χ1) is 14.9. The second-order valence-electron chi connectivity index (χ2n) is 8.32. The third-order valence-corrected chi connectivity index (χ3v) is 5.98. The molecule has 5 heteroatoms. The van der Waals surface area contributed by atoms with Crippen molar-refractivity contribution in [3.05, 3.63) is 87.4 Å². The number of fused-ring (bicyclic) bond motifs is 1. The summed E-state index contributed by atoms with van der Waals surface area (Å²) in [6.45, 7) is 7.34. The van der Waals surface area contributed by atoms with E-state index in [1.54, 1.807) is 6.07 Å². The van der Waals surface area contributed by atoms with E-state index in [9.17, 15) is 0 Å². The molecule has 0 amide bonds. The highest BCUT2D eigenvalue weighted by Gasteiger charge is 2.17. The van der Waals surface area contributed by atoms with E-state index in [1.165, 1.54) is 11.1 Å². The molecule has 1 aromatic heterocycles. The van der Waals surface area contributed by atoms with Crippen LogP contribution in [-0.4, -0.2) is 9.55 Å². The van der Waals surface area contributed by atoms with Gasteiger partial charge in [-0.25, -0.2) is 0 Å². The highest BCUT2D eigenvalue weighted by molar-refractivity contribution is 6.30. The number of nitrogens with zero attached hydrogens (tertiary/aromatic N) is 2. The molecule has 0 bridgehead atoms. The van der Waals surface area contributed by atoms with Crippen molar-refractivity contribution < 1.29 is 4.74 Å². The molecule has 4 rings (SSSR count). The molecule has 0 atom stereocenters. The average molecular weight is 453 g/mol. The van der Waals surface area contributed by atoms with E-state index in [-0.39, 0.29) is 0 Å². The summed E-state index contributed by atoms with van der Waals surface area (Å²) in [6, 6.07) is 20.1. The fourth-order valence-corrected chi connectivity index (χ4v) is 4.07. The van der Waals surface area contributed by atoms with Gasteiger partial charge in [0.25, 0.3) is 0 Å². The van der Waals surface area contributed by atoms with Crippen LogP contribution in [0.4, 0.5) is 0 Å². The zero-order chi connectivity index (χ0) is 22.0. The van der Waals surface area contributed by atoms with E-state index < -0.39 is 0 Å². The molecule has 160 valence electrons. The van der Waals surface area contributed by atoms with Crippen LogP contribution in [0.5, 0.6) is 11.8 Å². The molecule has 0 N–H and O–H groups in total. The number of benzene rings is 3. The maximum atomic E-state index is 6.21. The Hall–Kier alpha value is -2.49. The molecule has 1 heterocycles. The molecule has 0 spiro atoms. The van der Waals surface area contributed by atoms with E-state index in [0.717, 1.165) is 34.5 Å². The predicted octanol–water partition coefficient (Wildman–Crippen LogP) is 8.08. The summed E-state index contributed by atoms with van der Waals surface area (Å²) in [6.07, 6.45) is 2.21. The second-order valence-corrected chi connectivity index (χ2v) is 9.19. The van der Waals surface area contributed by atoms with Gasteiger partial charge in [-0.15, -0.1) is 0 Å². The van der Waals surface area contributed by atoms with Crippen LogP contribution in [0.3, 0.4) is 0 Å². The summed E-state index contributed by atoms with van der Waals surface area (Å²) >= 11 is 12.3. The van der Waals surface area contributed by atoms with Crippen molar-refractivity contribution in [1.29, 1.82) is 0 Å². The van der Waals surface area contributed by atoms with Gasteiger partial charge in [-0.2, -0.15) is 4.98 Å². The molecule has 0 aliphatic heterocycles. The lowest BCUT2D eigenvalue weighted by molar-refractivity contribution is 0.421. The lowest BCUT2D eigenvalue weighted by atomic mass is 9.98. The summed E-state index contributed by atoms with van der Waals surface area (Å²) < 4.78 is 8.35. The van der Waals surface area contributed by atoms with Gasteiger partial charge in [0.15, 0.2) is 0 Å². The van der Waals surface area contributed by atoms with Crippen molar-refractivity contribution in [3.63, 3.8) is 0 Å². The molecule has 3 aromatic carbocycles. The van der Waals surface area contributed by atoms with Crippen molar-refractivity contribution in [2.75, 3.05) is 0 Å². The Morgan fingerprint density at radius 3 is 2.45 bits per heavy atom. The minimum Gasteiger partial charge on any atom is -0.425 e. The van der Waals surface area contributed by atoms with Crippen molar-refractivity contribution in [3.8, 4) is 11.8 Å². The number of halogens is 2. The van der Waals surface area contributed by atoms with E-state index in [1.807, 2.05) is 42.5 Å². The summed E-state index contributed by atoms with van der Waals surface area (Å²) in [7, 11) is 0. The van der Waals surface area contributed by atoms with Crippen LogP contribution in [0.15, 0.2) is 60.7 Å². The first-order valence-corrected chi connectivity index (χ1v) is 11.3.